The van der Waals surface area contributed by atoms with Gasteiger partial charge in [0.2, 0.25) is 11.8 Å². The zero-order chi connectivity index (χ0) is 23.9. The normalized spacial score (nSPS) is 15.7. The quantitative estimate of drug-likeness (QED) is 0.538. The molecule has 0 aliphatic carbocycles. The van der Waals surface area contributed by atoms with Crippen LogP contribution < -0.4 is 10.6 Å². The molecular weight excluding hydrogens is 426 g/mol. The number of nitrogens with zero attached hydrogens (tertiary/aromatic N) is 1. The van der Waals surface area contributed by atoms with Crippen molar-refractivity contribution in [2.45, 2.75) is 39.2 Å². The van der Waals surface area contributed by atoms with Crippen LogP contribution in [0.3, 0.4) is 0 Å². The largest absolute Gasteiger partial charge is 0.352 e. The maximum Gasteiger partial charge on any atom is 0.254 e. The summed E-state index contributed by atoms with van der Waals surface area (Å²) >= 11 is 0. The SMILES string of the molecule is CCCC(=O)Nc1ccc(CNC(=O)C2CCCN(C(=O)c3cccc4ccccc34)C2)cc1. The molecule has 176 valence electrons. The lowest BCUT2D eigenvalue weighted by molar-refractivity contribution is -0.126. The first-order valence-electron chi connectivity index (χ1n) is 12.0. The maximum absolute atomic E-state index is 13.3. The number of nitrogens with one attached hydrogen (secondary N) is 2. The molecule has 2 N–H and O–H groups in total. The van der Waals surface area contributed by atoms with Gasteiger partial charge in [0.05, 0.1) is 5.92 Å². The summed E-state index contributed by atoms with van der Waals surface area (Å²) in [5.41, 5.74) is 2.40. The number of amides is 3. The Morgan fingerprint density at radius 2 is 1.74 bits per heavy atom. The van der Waals surface area contributed by atoms with E-state index >= 15 is 0 Å². The first-order valence-corrected chi connectivity index (χ1v) is 12.0. The second-order valence-electron chi connectivity index (χ2n) is 8.83. The van der Waals surface area contributed by atoms with E-state index in [1.165, 1.54) is 0 Å². The Morgan fingerprint density at radius 1 is 0.971 bits per heavy atom. The Balaban J connectivity index is 1.33. The number of likely N-dealkylation sites (tertiary alicyclic amines) is 1. The number of fused-ring (bicyclic) bond motifs is 1. The van der Waals surface area contributed by atoms with Crippen LogP contribution in [0, 0.1) is 5.92 Å². The summed E-state index contributed by atoms with van der Waals surface area (Å²) in [7, 11) is 0. The summed E-state index contributed by atoms with van der Waals surface area (Å²) in [5, 5.41) is 7.85. The average Bonchev–Trinajstić information content (AvgIpc) is 2.87. The molecule has 4 rings (SSSR count). The number of piperidine rings is 1. The fourth-order valence-electron chi connectivity index (χ4n) is 4.45. The zero-order valence-electron chi connectivity index (χ0n) is 19.5. The van der Waals surface area contributed by atoms with Crippen molar-refractivity contribution >= 4 is 34.2 Å². The van der Waals surface area contributed by atoms with E-state index in [2.05, 4.69) is 10.6 Å². The van der Waals surface area contributed by atoms with Crippen LogP contribution in [0.1, 0.15) is 48.5 Å². The van der Waals surface area contributed by atoms with Gasteiger partial charge in [-0.3, -0.25) is 14.4 Å². The molecule has 1 heterocycles. The molecule has 1 atom stereocenters. The van der Waals surface area contributed by atoms with Gasteiger partial charge in [-0.05, 0) is 53.8 Å². The standard InChI is InChI=1S/C28H31N3O3/c1-2-7-26(32)30-23-15-13-20(14-16-23)18-29-27(33)22-10-6-17-31(19-22)28(34)25-12-5-9-21-8-3-4-11-24(21)25/h3-5,8-9,11-16,22H,2,6-7,10,17-19H2,1H3,(H,29,33)(H,30,32). The van der Waals surface area contributed by atoms with Crippen molar-refractivity contribution in [2.24, 2.45) is 5.92 Å². The molecule has 1 aliphatic rings. The van der Waals surface area contributed by atoms with Gasteiger partial charge >= 0.3 is 0 Å². The van der Waals surface area contributed by atoms with Gasteiger partial charge < -0.3 is 15.5 Å². The molecule has 3 aromatic rings. The third-order valence-electron chi connectivity index (χ3n) is 6.28. The van der Waals surface area contributed by atoms with Gasteiger partial charge in [-0.2, -0.15) is 0 Å². The summed E-state index contributed by atoms with van der Waals surface area (Å²) in [5.74, 6) is -0.269. The van der Waals surface area contributed by atoms with Crippen LogP contribution in [-0.2, 0) is 16.1 Å². The summed E-state index contributed by atoms with van der Waals surface area (Å²) in [4.78, 5) is 39.7. The van der Waals surface area contributed by atoms with E-state index in [0.29, 0.717) is 31.6 Å². The lowest BCUT2D eigenvalue weighted by atomic mass is 9.95. The van der Waals surface area contributed by atoms with Gasteiger partial charge in [0.25, 0.3) is 5.91 Å². The Kier molecular flexibility index (Phi) is 7.58. The van der Waals surface area contributed by atoms with Crippen molar-refractivity contribution in [3.05, 3.63) is 77.9 Å². The molecule has 0 radical (unpaired) electrons. The van der Waals surface area contributed by atoms with Crippen LogP contribution in [0.2, 0.25) is 0 Å². The second kappa shape index (κ2) is 11.0. The molecule has 3 aromatic carbocycles. The molecule has 6 heteroatoms. The molecule has 1 saturated heterocycles. The molecule has 0 spiro atoms. The Labute approximate surface area is 200 Å². The fraction of sp³-hybridized carbons (Fsp3) is 0.321. The van der Waals surface area contributed by atoms with Crippen LogP contribution in [0.4, 0.5) is 5.69 Å². The van der Waals surface area contributed by atoms with Gasteiger partial charge in [-0.25, -0.2) is 0 Å². The van der Waals surface area contributed by atoms with Crippen molar-refractivity contribution in [1.82, 2.24) is 10.2 Å². The monoisotopic (exact) mass is 457 g/mol. The predicted molar refractivity (Wildman–Crippen MR) is 134 cm³/mol. The third-order valence-corrected chi connectivity index (χ3v) is 6.28. The Bertz CT molecular complexity index is 1170. The predicted octanol–water partition coefficient (Wildman–Crippen LogP) is 4.75. The van der Waals surface area contributed by atoms with Crippen LogP contribution in [0.5, 0.6) is 0 Å². The topological polar surface area (TPSA) is 78.5 Å². The minimum absolute atomic E-state index is 0.00320. The smallest absolute Gasteiger partial charge is 0.254 e. The molecule has 0 bridgehead atoms. The summed E-state index contributed by atoms with van der Waals surface area (Å²) in [6.07, 6.45) is 2.88. The van der Waals surface area contributed by atoms with E-state index in [9.17, 15) is 14.4 Å². The van der Waals surface area contributed by atoms with E-state index in [1.54, 1.807) is 0 Å². The molecule has 1 fully saturated rings. The van der Waals surface area contributed by atoms with Gasteiger partial charge in [0.15, 0.2) is 0 Å². The molecule has 0 aromatic heterocycles. The van der Waals surface area contributed by atoms with Crippen LogP contribution in [0.15, 0.2) is 66.7 Å². The van der Waals surface area contributed by atoms with Crippen molar-refractivity contribution < 1.29 is 14.4 Å². The number of carbonyl (C=O) groups excluding carboxylic acids is 3. The molecule has 6 nitrogen and oxygen atoms in total. The lowest BCUT2D eigenvalue weighted by Gasteiger charge is -2.32. The summed E-state index contributed by atoms with van der Waals surface area (Å²) in [6, 6.07) is 21.2. The molecule has 1 aliphatic heterocycles. The van der Waals surface area contributed by atoms with E-state index < -0.39 is 0 Å². The van der Waals surface area contributed by atoms with Gasteiger partial charge in [0.1, 0.15) is 0 Å². The van der Waals surface area contributed by atoms with Crippen LogP contribution in [-0.4, -0.2) is 35.7 Å². The Hall–Kier alpha value is -3.67. The number of rotatable bonds is 7. The number of anilines is 1. The highest BCUT2D eigenvalue weighted by Gasteiger charge is 2.29. The first-order chi connectivity index (χ1) is 16.5. The fourth-order valence-corrected chi connectivity index (χ4v) is 4.45. The zero-order valence-corrected chi connectivity index (χ0v) is 19.5. The maximum atomic E-state index is 13.3. The van der Waals surface area contributed by atoms with Gasteiger partial charge in [-0.15, -0.1) is 0 Å². The lowest BCUT2D eigenvalue weighted by Crippen LogP contribution is -2.45. The van der Waals surface area contributed by atoms with Crippen molar-refractivity contribution in [1.29, 1.82) is 0 Å². The van der Waals surface area contributed by atoms with E-state index in [1.807, 2.05) is 78.6 Å². The van der Waals surface area contributed by atoms with Gasteiger partial charge in [0, 0.05) is 37.3 Å². The highest BCUT2D eigenvalue weighted by Crippen LogP contribution is 2.24. The van der Waals surface area contributed by atoms with Crippen LogP contribution in [0.25, 0.3) is 10.8 Å². The minimum atomic E-state index is -0.222. The molecule has 0 saturated carbocycles. The first kappa shape index (κ1) is 23.5. The molecular formula is C28H31N3O3. The van der Waals surface area contributed by atoms with Crippen molar-refractivity contribution in [2.75, 3.05) is 18.4 Å². The highest BCUT2D eigenvalue weighted by atomic mass is 16.2. The summed E-state index contributed by atoms with van der Waals surface area (Å²) < 4.78 is 0. The molecule has 3 amide bonds. The molecule has 34 heavy (non-hydrogen) atoms. The molecule has 1 unspecified atom stereocenters. The minimum Gasteiger partial charge on any atom is -0.352 e. The second-order valence-corrected chi connectivity index (χ2v) is 8.83. The van der Waals surface area contributed by atoms with Crippen molar-refractivity contribution in [3.63, 3.8) is 0 Å². The number of carbonyl (C=O) groups is 3. The highest BCUT2D eigenvalue weighted by molar-refractivity contribution is 6.07. The third kappa shape index (κ3) is 5.63. The summed E-state index contributed by atoms with van der Waals surface area (Å²) in [6.45, 7) is 3.47. The number of hydrogen-bond acceptors (Lipinski definition) is 3. The number of benzene rings is 3. The number of hydrogen-bond donors (Lipinski definition) is 2. The average molecular weight is 458 g/mol. The van der Waals surface area contributed by atoms with Crippen molar-refractivity contribution in [3.8, 4) is 0 Å². The van der Waals surface area contributed by atoms with E-state index in [-0.39, 0.29) is 23.6 Å². The van der Waals surface area contributed by atoms with E-state index in [0.717, 1.165) is 41.3 Å². The Morgan fingerprint density at radius 3 is 2.53 bits per heavy atom. The van der Waals surface area contributed by atoms with Gasteiger partial charge in [-0.1, -0.05) is 55.5 Å². The van der Waals surface area contributed by atoms with E-state index in [4.69, 9.17) is 0 Å². The van der Waals surface area contributed by atoms with Crippen LogP contribution >= 0.6 is 0 Å².